The van der Waals surface area contributed by atoms with Crippen LogP contribution < -0.4 is 4.74 Å². The molecule has 0 aromatic heterocycles. The predicted octanol–water partition coefficient (Wildman–Crippen LogP) is 5.21. The molecule has 1 aliphatic heterocycles. The van der Waals surface area contributed by atoms with Crippen LogP contribution in [0.4, 0.5) is 4.79 Å². The van der Waals surface area contributed by atoms with Gasteiger partial charge in [-0.3, -0.25) is 4.90 Å². The monoisotopic (exact) mass is 384 g/mol. The van der Waals surface area contributed by atoms with E-state index in [0.29, 0.717) is 12.0 Å². The summed E-state index contributed by atoms with van der Waals surface area (Å²) in [6.07, 6.45) is 13.3. The molecule has 0 bridgehead atoms. The van der Waals surface area contributed by atoms with Gasteiger partial charge in [-0.25, -0.2) is 4.79 Å². The molecule has 4 rings (SSSR count). The molecule has 28 heavy (non-hydrogen) atoms. The second kappa shape index (κ2) is 8.86. The van der Waals surface area contributed by atoms with Crippen molar-refractivity contribution in [1.82, 2.24) is 9.80 Å². The van der Waals surface area contributed by atoms with Crippen LogP contribution in [-0.4, -0.2) is 49.1 Å². The van der Waals surface area contributed by atoms with Crippen LogP contribution in [0.5, 0.6) is 5.75 Å². The Morgan fingerprint density at radius 1 is 1.14 bits per heavy atom. The van der Waals surface area contributed by atoms with Gasteiger partial charge >= 0.3 is 6.09 Å². The Morgan fingerprint density at radius 2 is 1.96 bits per heavy atom. The van der Waals surface area contributed by atoms with E-state index in [1.54, 1.807) is 14.1 Å². The summed E-state index contributed by atoms with van der Waals surface area (Å²) in [6.45, 7) is 2.49. The van der Waals surface area contributed by atoms with E-state index in [-0.39, 0.29) is 6.09 Å². The number of amides is 1. The molecule has 0 unspecified atom stereocenters. The molecule has 4 heteroatoms. The number of hydrogen-bond acceptors (Lipinski definition) is 3. The highest BCUT2D eigenvalue weighted by Gasteiger charge is 2.39. The lowest BCUT2D eigenvalue weighted by Crippen LogP contribution is -2.36. The minimum absolute atomic E-state index is 0.286. The SMILES string of the molecule is CN(C)C(=O)Oc1cccc2c1CC[C@@H]1[C@H]2CCN1CCCC1CCCCC1. The van der Waals surface area contributed by atoms with Gasteiger partial charge in [-0.15, -0.1) is 0 Å². The Bertz CT molecular complexity index is 681. The molecule has 2 atom stereocenters. The Balaban J connectivity index is 1.37. The highest BCUT2D eigenvalue weighted by molar-refractivity contribution is 5.70. The van der Waals surface area contributed by atoms with Gasteiger partial charge in [0.1, 0.15) is 5.75 Å². The van der Waals surface area contributed by atoms with Gasteiger partial charge < -0.3 is 9.64 Å². The minimum Gasteiger partial charge on any atom is -0.410 e. The molecule has 1 saturated carbocycles. The van der Waals surface area contributed by atoms with Crippen molar-refractivity contribution in [3.8, 4) is 5.75 Å². The zero-order valence-corrected chi connectivity index (χ0v) is 17.7. The standard InChI is InChI=1S/C24H36N2O2/c1-25(2)24(27)28-23-12-6-11-19-20-15-17-26(22(20)14-13-21(19)23)16-7-10-18-8-4-3-5-9-18/h6,11-12,18,20,22H,3-5,7-10,13-17H2,1-2H3/t20-,22+/m0/s1. The molecule has 154 valence electrons. The number of fused-ring (bicyclic) bond motifs is 3. The quantitative estimate of drug-likeness (QED) is 0.698. The fraction of sp³-hybridized carbons (Fsp3) is 0.708. The average molecular weight is 385 g/mol. The van der Waals surface area contributed by atoms with Crippen LogP contribution in [0.2, 0.25) is 0 Å². The summed E-state index contributed by atoms with van der Waals surface area (Å²) in [5.41, 5.74) is 2.69. The van der Waals surface area contributed by atoms with E-state index in [1.807, 2.05) is 6.07 Å². The second-order valence-corrected chi connectivity index (χ2v) is 9.27. The first kappa shape index (κ1) is 19.8. The molecule has 0 spiro atoms. The summed E-state index contributed by atoms with van der Waals surface area (Å²) in [4.78, 5) is 16.3. The van der Waals surface area contributed by atoms with Crippen molar-refractivity contribution in [3.63, 3.8) is 0 Å². The van der Waals surface area contributed by atoms with Crippen molar-refractivity contribution in [2.75, 3.05) is 27.2 Å². The van der Waals surface area contributed by atoms with Crippen LogP contribution in [0.25, 0.3) is 0 Å². The zero-order valence-electron chi connectivity index (χ0n) is 17.7. The summed E-state index contributed by atoms with van der Waals surface area (Å²) >= 11 is 0. The van der Waals surface area contributed by atoms with Gasteiger partial charge in [-0.05, 0) is 68.3 Å². The Labute approximate surface area is 170 Å². The maximum atomic E-state index is 12.0. The molecule has 1 amide bonds. The van der Waals surface area contributed by atoms with Crippen molar-refractivity contribution in [2.45, 2.75) is 76.2 Å². The molecule has 2 aliphatic carbocycles. The first-order valence-electron chi connectivity index (χ1n) is 11.4. The zero-order chi connectivity index (χ0) is 19.5. The summed E-state index contributed by atoms with van der Waals surface area (Å²) < 4.78 is 5.65. The van der Waals surface area contributed by atoms with Crippen LogP contribution in [0.3, 0.4) is 0 Å². The van der Waals surface area contributed by atoms with E-state index in [4.69, 9.17) is 4.74 Å². The van der Waals surface area contributed by atoms with Crippen molar-refractivity contribution in [1.29, 1.82) is 0 Å². The van der Waals surface area contributed by atoms with Gasteiger partial charge in [0.05, 0.1) is 0 Å². The van der Waals surface area contributed by atoms with Gasteiger partial charge in [-0.2, -0.15) is 0 Å². The van der Waals surface area contributed by atoms with Crippen LogP contribution >= 0.6 is 0 Å². The Kier molecular flexibility index (Phi) is 6.25. The van der Waals surface area contributed by atoms with E-state index in [2.05, 4.69) is 17.0 Å². The van der Waals surface area contributed by atoms with Gasteiger partial charge in [0.15, 0.2) is 0 Å². The number of likely N-dealkylation sites (tertiary alicyclic amines) is 1. The van der Waals surface area contributed by atoms with Gasteiger partial charge in [-0.1, -0.05) is 44.2 Å². The minimum atomic E-state index is -0.286. The lowest BCUT2D eigenvalue weighted by molar-refractivity contribution is 0.170. The number of rotatable bonds is 5. The topological polar surface area (TPSA) is 32.8 Å². The van der Waals surface area contributed by atoms with Crippen LogP contribution in [0.1, 0.15) is 74.8 Å². The number of hydrogen-bond donors (Lipinski definition) is 0. The second-order valence-electron chi connectivity index (χ2n) is 9.27. The fourth-order valence-corrected chi connectivity index (χ4v) is 5.77. The maximum absolute atomic E-state index is 12.0. The molecule has 4 nitrogen and oxygen atoms in total. The van der Waals surface area contributed by atoms with Crippen molar-refractivity contribution in [3.05, 3.63) is 29.3 Å². The molecule has 1 aromatic carbocycles. The largest absolute Gasteiger partial charge is 0.414 e. The third-order valence-electron chi connectivity index (χ3n) is 7.26. The molecule has 3 aliphatic rings. The highest BCUT2D eigenvalue weighted by Crippen LogP contribution is 2.44. The summed E-state index contributed by atoms with van der Waals surface area (Å²) in [6, 6.07) is 6.96. The maximum Gasteiger partial charge on any atom is 0.414 e. The van der Waals surface area contributed by atoms with E-state index in [1.165, 1.54) is 86.9 Å². The lowest BCUT2D eigenvalue weighted by Gasteiger charge is -2.34. The van der Waals surface area contributed by atoms with Crippen LogP contribution in [-0.2, 0) is 6.42 Å². The smallest absolute Gasteiger partial charge is 0.410 e. The van der Waals surface area contributed by atoms with Gasteiger partial charge in [0, 0.05) is 26.1 Å². The lowest BCUT2D eigenvalue weighted by atomic mass is 9.79. The molecule has 1 heterocycles. The molecular weight excluding hydrogens is 348 g/mol. The predicted molar refractivity (Wildman–Crippen MR) is 113 cm³/mol. The number of carbonyl (C=O) groups is 1. The van der Waals surface area contributed by atoms with E-state index < -0.39 is 0 Å². The summed E-state index contributed by atoms with van der Waals surface area (Å²) in [5, 5.41) is 0. The normalized spacial score (nSPS) is 25.2. The summed E-state index contributed by atoms with van der Waals surface area (Å²) in [7, 11) is 3.46. The van der Waals surface area contributed by atoms with Crippen molar-refractivity contribution in [2.24, 2.45) is 5.92 Å². The number of nitrogens with zero attached hydrogens (tertiary/aromatic N) is 2. The number of carbonyl (C=O) groups excluding carboxylic acids is 1. The Hall–Kier alpha value is -1.55. The van der Waals surface area contributed by atoms with E-state index >= 15 is 0 Å². The molecule has 0 radical (unpaired) electrons. The summed E-state index contributed by atoms with van der Waals surface area (Å²) in [5.74, 6) is 2.37. The van der Waals surface area contributed by atoms with E-state index in [9.17, 15) is 4.79 Å². The van der Waals surface area contributed by atoms with Crippen LogP contribution in [0, 0.1) is 5.92 Å². The third kappa shape index (κ3) is 4.22. The first-order chi connectivity index (χ1) is 13.6. The van der Waals surface area contributed by atoms with Gasteiger partial charge in [0.2, 0.25) is 0 Å². The van der Waals surface area contributed by atoms with E-state index in [0.717, 1.165) is 18.1 Å². The molecule has 0 N–H and O–H groups in total. The van der Waals surface area contributed by atoms with Crippen LogP contribution in [0.15, 0.2) is 18.2 Å². The fourth-order valence-electron chi connectivity index (χ4n) is 5.77. The number of ether oxygens (including phenoxy) is 1. The molecule has 2 fully saturated rings. The molecule has 1 saturated heterocycles. The first-order valence-corrected chi connectivity index (χ1v) is 11.4. The average Bonchev–Trinajstić information content (AvgIpc) is 3.12. The van der Waals surface area contributed by atoms with Crippen molar-refractivity contribution < 1.29 is 9.53 Å². The number of benzene rings is 1. The Morgan fingerprint density at radius 3 is 2.75 bits per heavy atom. The molecule has 1 aromatic rings. The third-order valence-corrected chi connectivity index (χ3v) is 7.26. The highest BCUT2D eigenvalue weighted by atomic mass is 16.6. The van der Waals surface area contributed by atoms with Crippen molar-refractivity contribution >= 4 is 6.09 Å². The van der Waals surface area contributed by atoms with Gasteiger partial charge in [0.25, 0.3) is 0 Å². The molecular formula is C24H36N2O2.